The van der Waals surface area contributed by atoms with E-state index < -0.39 is 11.6 Å². The highest BCUT2D eigenvalue weighted by Crippen LogP contribution is 2.46. The van der Waals surface area contributed by atoms with Crippen LogP contribution < -0.4 is 20.0 Å². The average Bonchev–Trinajstić information content (AvgIpc) is 3.65. The average molecular weight is 704 g/mol. The van der Waals surface area contributed by atoms with Crippen LogP contribution in [0.4, 0.5) is 31.5 Å². The second-order valence-electron chi connectivity index (χ2n) is 15.3. The number of hydrogen-bond acceptors (Lipinski definition) is 8. The summed E-state index contributed by atoms with van der Waals surface area (Å²) < 4.78 is 29.7. The van der Waals surface area contributed by atoms with Gasteiger partial charge in [0.1, 0.15) is 11.6 Å². The number of pyridine rings is 1. The number of halogens is 2. The van der Waals surface area contributed by atoms with Crippen LogP contribution in [-0.4, -0.2) is 77.5 Å². The fourth-order valence-corrected chi connectivity index (χ4v) is 8.97. The van der Waals surface area contributed by atoms with E-state index in [9.17, 15) is 8.78 Å². The third kappa shape index (κ3) is 6.44. The molecule has 1 N–H and O–H groups in total. The number of hydrogen-bond donors (Lipinski definition) is 1. The lowest BCUT2D eigenvalue weighted by Gasteiger charge is -2.44. The first kappa shape index (κ1) is 33.1. The molecule has 1 aliphatic carbocycles. The normalized spacial score (nSPS) is 23.4. The maximum absolute atomic E-state index is 13.8. The van der Waals surface area contributed by atoms with Crippen LogP contribution >= 0.6 is 0 Å². The number of nitrogens with one attached hydrogen (secondary N) is 1. The van der Waals surface area contributed by atoms with Crippen molar-refractivity contribution in [1.29, 1.82) is 0 Å². The number of aliphatic imine (C=N–C) groups is 1. The summed E-state index contributed by atoms with van der Waals surface area (Å²) in [5.74, 6) is 1.16. The first-order valence-corrected chi connectivity index (χ1v) is 18.9. The van der Waals surface area contributed by atoms with Gasteiger partial charge in [0.2, 0.25) is 5.96 Å². The number of benzene rings is 2. The quantitative estimate of drug-likeness (QED) is 0.245. The van der Waals surface area contributed by atoms with Gasteiger partial charge in [0, 0.05) is 98.9 Å². The highest BCUT2D eigenvalue weighted by Gasteiger charge is 2.40. The molecule has 270 valence electrons. The first-order valence-electron chi connectivity index (χ1n) is 18.9. The number of piperazine rings is 1. The lowest BCUT2D eigenvalue weighted by molar-refractivity contribution is 0.160. The van der Waals surface area contributed by atoms with Gasteiger partial charge in [0.15, 0.2) is 0 Å². The van der Waals surface area contributed by atoms with Crippen LogP contribution in [0.5, 0.6) is 0 Å². The molecule has 2 bridgehead atoms. The van der Waals surface area contributed by atoms with Gasteiger partial charge in [-0.1, -0.05) is 6.58 Å². The van der Waals surface area contributed by atoms with Gasteiger partial charge in [-0.25, -0.2) is 13.8 Å². The second kappa shape index (κ2) is 13.3. The van der Waals surface area contributed by atoms with Crippen molar-refractivity contribution in [2.75, 3.05) is 65.8 Å². The molecule has 9 rings (SSSR count). The summed E-state index contributed by atoms with van der Waals surface area (Å²) >= 11 is 0. The van der Waals surface area contributed by atoms with Gasteiger partial charge in [0.05, 0.1) is 29.0 Å². The van der Waals surface area contributed by atoms with E-state index in [-0.39, 0.29) is 0 Å². The van der Waals surface area contributed by atoms with E-state index in [0.29, 0.717) is 23.3 Å². The van der Waals surface area contributed by atoms with E-state index in [0.717, 1.165) is 118 Å². The zero-order chi connectivity index (χ0) is 35.5. The maximum Gasteiger partial charge on any atom is 0.208 e. The number of aryl methyl sites for hydroxylation is 2. The van der Waals surface area contributed by atoms with Gasteiger partial charge < -0.3 is 20.0 Å². The van der Waals surface area contributed by atoms with E-state index in [1.807, 2.05) is 24.9 Å². The largest absolute Gasteiger partial charge is 0.371 e. The van der Waals surface area contributed by atoms with Gasteiger partial charge in [-0.3, -0.25) is 14.6 Å². The third-order valence-corrected chi connectivity index (χ3v) is 12.0. The number of piperidine rings is 1. The van der Waals surface area contributed by atoms with Crippen LogP contribution in [0, 0.1) is 30.4 Å². The standard InChI is InChI=1S/C41H47F2N9/c1-26-17-29-19-38(45-26)36-24-44-48(3)39(36)6-4-5-28-18-30(28)25-52-40-23-34(7-8-37(40)47-41(52)46-27(29)2)51-15-13-50(14-16-51)33-9-11-49(12-10-33)35-21-31(42)20-32(43)22-35/h7-8,17,19-24,28,30,33H,2,4-6,9-16,18,25H2,1,3H3,(H,46,47)/t28?,30-/m0/s1. The van der Waals surface area contributed by atoms with Crippen molar-refractivity contribution in [1.82, 2.24) is 19.7 Å². The molecule has 0 amide bonds. The minimum atomic E-state index is -0.515. The van der Waals surface area contributed by atoms with Gasteiger partial charge >= 0.3 is 0 Å². The second-order valence-corrected chi connectivity index (χ2v) is 15.3. The molecule has 2 aromatic carbocycles. The molecule has 52 heavy (non-hydrogen) atoms. The summed E-state index contributed by atoms with van der Waals surface area (Å²) in [6.45, 7) is 13.0. The third-order valence-electron chi connectivity index (χ3n) is 12.0. The van der Waals surface area contributed by atoms with E-state index >= 15 is 0 Å². The maximum atomic E-state index is 13.8. The smallest absolute Gasteiger partial charge is 0.208 e. The summed E-state index contributed by atoms with van der Waals surface area (Å²) in [6, 6.07) is 15.3. The highest BCUT2D eigenvalue weighted by molar-refractivity contribution is 6.16. The zero-order valence-corrected chi connectivity index (χ0v) is 30.2. The predicted octanol–water partition coefficient (Wildman–Crippen LogP) is 7.09. The molecule has 3 fully saturated rings. The fraction of sp³-hybridized carbons (Fsp3) is 0.439. The van der Waals surface area contributed by atoms with Crippen molar-refractivity contribution in [3.63, 3.8) is 0 Å². The highest BCUT2D eigenvalue weighted by atomic mass is 19.1. The number of anilines is 4. The van der Waals surface area contributed by atoms with Crippen molar-refractivity contribution < 1.29 is 8.78 Å². The van der Waals surface area contributed by atoms with Crippen molar-refractivity contribution >= 4 is 34.4 Å². The Balaban J connectivity index is 0.911. The summed E-state index contributed by atoms with van der Waals surface area (Å²) in [7, 11) is 2.03. The van der Waals surface area contributed by atoms with E-state index in [4.69, 9.17) is 9.98 Å². The Labute approximate surface area is 304 Å². The minimum absolute atomic E-state index is 0.491. The molecule has 1 unspecified atom stereocenters. The van der Waals surface area contributed by atoms with Crippen molar-refractivity contribution in [2.24, 2.45) is 23.9 Å². The van der Waals surface area contributed by atoms with Crippen LogP contribution in [0.15, 0.2) is 66.3 Å². The fourth-order valence-electron chi connectivity index (χ4n) is 8.97. The summed E-state index contributed by atoms with van der Waals surface area (Å²) in [5, 5.41) is 8.26. The number of guanidine groups is 1. The van der Waals surface area contributed by atoms with Gasteiger partial charge in [0.25, 0.3) is 0 Å². The minimum Gasteiger partial charge on any atom is -0.371 e. The monoisotopic (exact) mass is 703 g/mol. The summed E-state index contributed by atoms with van der Waals surface area (Å²) in [5.41, 5.74) is 10.0. The number of aromatic nitrogens is 3. The Morgan fingerprint density at radius 1 is 0.846 bits per heavy atom. The molecule has 5 aliphatic rings. The SMILES string of the molecule is C=C1/N=C2\Nc3ccc(N4CCN(C5CCN(c6cc(F)cc(F)c6)CC5)CC4)cc3N2C[C@@H]2CC2CCCc2c(cnn2C)-c2cc1cc(C)n2. The lowest BCUT2D eigenvalue weighted by Crippen LogP contribution is -2.53. The molecule has 0 spiro atoms. The topological polar surface area (TPSA) is 68.1 Å². The zero-order valence-electron chi connectivity index (χ0n) is 30.2. The van der Waals surface area contributed by atoms with Crippen LogP contribution in [-0.2, 0) is 13.5 Å². The van der Waals surface area contributed by atoms with Gasteiger partial charge in [-0.15, -0.1) is 0 Å². The van der Waals surface area contributed by atoms with Crippen LogP contribution in [0.3, 0.4) is 0 Å². The predicted molar refractivity (Wildman–Crippen MR) is 205 cm³/mol. The molecule has 0 radical (unpaired) electrons. The van der Waals surface area contributed by atoms with Gasteiger partial charge in [-0.2, -0.15) is 5.10 Å². The molecule has 6 heterocycles. The summed E-state index contributed by atoms with van der Waals surface area (Å²) in [4.78, 5) is 19.7. The Hall–Kier alpha value is -4.77. The Morgan fingerprint density at radius 2 is 1.62 bits per heavy atom. The van der Waals surface area contributed by atoms with Gasteiger partial charge in [-0.05, 0) is 99.7 Å². The van der Waals surface area contributed by atoms with Crippen molar-refractivity contribution in [3.05, 3.63) is 89.9 Å². The molecule has 9 nitrogen and oxygen atoms in total. The Kier molecular flexibility index (Phi) is 8.48. The van der Waals surface area contributed by atoms with E-state index in [1.54, 1.807) is 0 Å². The molecule has 11 heteroatoms. The Morgan fingerprint density at radius 3 is 2.40 bits per heavy atom. The van der Waals surface area contributed by atoms with E-state index in [1.165, 1.54) is 42.0 Å². The number of fused-ring (bicyclic) bond motifs is 8. The molecule has 2 aromatic heterocycles. The molecule has 4 aliphatic heterocycles. The van der Waals surface area contributed by atoms with Crippen molar-refractivity contribution in [2.45, 2.75) is 51.5 Å². The van der Waals surface area contributed by atoms with Crippen molar-refractivity contribution in [3.8, 4) is 11.3 Å². The van der Waals surface area contributed by atoms with Crippen LogP contribution in [0.1, 0.15) is 49.1 Å². The Bertz CT molecular complexity index is 2020. The lowest BCUT2D eigenvalue weighted by atomic mass is 10.0. The number of rotatable bonds is 3. The molecule has 1 saturated carbocycles. The van der Waals surface area contributed by atoms with Crippen LogP contribution in [0.25, 0.3) is 17.0 Å². The molecular weight excluding hydrogens is 657 g/mol. The molecule has 4 aromatic rings. The molecular formula is C41H47F2N9. The van der Waals surface area contributed by atoms with E-state index in [2.05, 4.69) is 66.9 Å². The molecule has 2 saturated heterocycles. The van der Waals surface area contributed by atoms with Crippen LogP contribution in [0.2, 0.25) is 0 Å². The first-order chi connectivity index (χ1) is 25.3. The number of nitrogens with zero attached hydrogens (tertiary/aromatic N) is 8. The summed E-state index contributed by atoms with van der Waals surface area (Å²) in [6.07, 6.45) is 8.53. The molecule has 2 atom stereocenters.